The molecule has 122 valence electrons. The van der Waals surface area contributed by atoms with Crippen LogP contribution in [0.25, 0.3) is 10.9 Å². The summed E-state index contributed by atoms with van der Waals surface area (Å²) in [6, 6.07) is 14.2. The minimum Gasteiger partial charge on any atom is -0.334 e. The molecule has 0 radical (unpaired) electrons. The van der Waals surface area contributed by atoms with Gasteiger partial charge >= 0.3 is 0 Å². The molecule has 3 aromatic rings. The molecule has 0 saturated carbocycles. The van der Waals surface area contributed by atoms with Crippen molar-refractivity contribution in [2.75, 3.05) is 16.9 Å². The van der Waals surface area contributed by atoms with Crippen LogP contribution in [0.2, 0.25) is 0 Å². The van der Waals surface area contributed by atoms with Crippen molar-refractivity contribution < 1.29 is 4.79 Å². The second kappa shape index (κ2) is 7.06. The van der Waals surface area contributed by atoms with Crippen molar-refractivity contribution in [1.82, 2.24) is 9.66 Å². The molecule has 8 heteroatoms. The summed E-state index contributed by atoms with van der Waals surface area (Å²) < 4.78 is 1.90. The molecule has 1 heterocycles. The van der Waals surface area contributed by atoms with Gasteiger partial charge in [0.15, 0.2) is 5.16 Å². The van der Waals surface area contributed by atoms with Gasteiger partial charge in [-0.3, -0.25) is 9.59 Å². The number of nitrogen functional groups attached to an aromatic ring is 1. The number of hydrogen-bond acceptors (Lipinski definition) is 5. The van der Waals surface area contributed by atoms with Crippen molar-refractivity contribution in [2.24, 2.45) is 0 Å². The van der Waals surface area contributed by atoms with Crippen LogP contribution in [0.1, 0.15) is 0 Å². The second-order valence-electron chi connectivity index (χ2n) is 4.93. The number of amides is 1. The van der Waals surface area contributed by atoms with E-state index in [0.29, 0.717) is 21.7 Å². The number of nitrogens with two attached hydrogens (primary N) is 1. The summed E-state index contributed by atoms with van der Waals surface area (Å²) in [6.45, 7) is 0. The third kappa shape index (κ3) is 3.60. The number of para-hydroxylation sites is 1. The highest BCUT2D eigenvalue weighted by Gasteiger charge is 2.11. The number of nitrogens with one attached hydrogen (secondary N) is 1. The van der Waals surface area contributed by atoms with Gasteiger partial charge in [0.25, 0.3) is 5.56 Å². The minimum atomic E-state index is -0.337. The van der Waals surface area contributed by atoms with Gasteiger partial charge in [-0.05, 0) is 36.4 Å². The standard InChI is InChI=1S/C16H13BrN4O2S/c17-10-5-7-11(8-6-10)19-14(22)9-24-16-20-13-4-2-1-3-12(13)15(23)21(16)18/h1-8H,9,18H2,(H,19,22). The van der Waals surface area contributed by atoms with Crippen LogP contribution in [0.15, 0.2) is 63.0 Å². The average molecular weight is 405 g/mol. The molecule has 1 amide bonds. The molecule has 0 saturated heterocycles. The lowest BCUT2D eigenvalue weighted by molar-refractivity contribution is -0.113. The van der Waals surface area contributed by atoms with Crippen LogP contribution < -0.4 is 16.7 Å². The van der Waals surface area contributed by atoms with Gasteiger partial charge in [-0.25, -0.2) is 9.66 Å². The Labute approximate surface area is 150 Å². The van der Waals surface area contributed by atoms with E-state index in [0.717, 1.165) is 20.9 Å². The van der Waals surface area contributed by atoms with Crippen LogP contribution in [-0.2, 0) is 4.79 Å². The predicted octanol–water partition coefficient (Wildman–Crippen LogP) is 2.60. The highest BCUT2D eigenvalue weighted by molar-refractivity contribution is 9.10. The molecule has 0 aliphatic carbocycles. The van der Waals surface area contributed by atoms with Gasteiger partial charge in [-0.15, -0.1) is 0 Å². The highest BCUT2D eigenvalue weighted by Crippen LogP contribution is 2.18. The molecule has 6 nitrogen and oxygen atoms in total. The summed E-state index contributed by atoms with van der Waals surface area (Å²) in [4.78, 5) is 28.6. The van der Waals surface area contributed by atoms with Crippen molar-refractivity contribution in [2.45, 2.75) is 5.16 Å². The average Bonchev–Trinajstić information content (AvgIpc) is 2.59. The number of anilines is 1. The molecule has 2 aromatic carbocycles. The molecule has 0 bridgehead atoms. The first kappa shape index (κ1) is 16.5. The largest absolute Gasteiger partial charge is 0.334 e. The summed E-state index contributed by atoms with van der Waals surface area (Å²) in [7, 11) is 0. The fraction of sp³-hybridized carbons (Fsp3) is 0.0625. The minimum absolute atomic E-state index is 0.0953. The lowest BCUT2D eigenvalue weighted by atomic mass is 10.2. The summed E-state index contributed by atoms with van der Waals surface area (Å²) in [6.07, 6.45) is 0. The van der Waals surface area contributed by atoms with Crippen molar-refractivity contribution in [3.63, 3.8) is 0 Å². The predicted molar refractivity (Wildman–Crippen MR) is 99.6 cm³/mol. The summed E-state index contributed by atoms with van der Waals surface area (Å²) in [5, 5.41) is 3.52. The Morgan fingerprint density at radius 1 is 1.21 bits per heavy atom. The van der Waals surface area contributed by atoms with E-state index in [1.54, 1.807) is 36.4 Å². The van der Waals surface area contributed by atoms with E-state index < -0.39 is 0 Å². The van der Waals surface area contributed by atoms with Crippen LogP contribution in [0, 0.1) is 0 Å². The number of fused-ring (bicyclic) bond motifs is 1. The lowest BCUT2D eigenvalue weighted by Crippen LogP contribution is -2.30. The molecule has 3 N–H and O–H groups in total. The first-order valence-corrected chi connectivity index (χ1v) is 8.77. The zero-order valence-electron chi connectivity index (χ0n) is 12.4. The second-order valence-corrected chi connectivity index (χ2v) is 6.79. The van der Waals surface area contributed by atoms with Gasteiger partial charge in [0.1, 0.15) is 0 Å². The number of halogens is 1. The smallest absolute Gasteiger partial charge is 0.280 e. The van der Waals surface area contributed by atoms with Crippen LogP contribution >= 0.6 is 27.7 Å². The Bertz CT molecular complexity index is 956. The maximum absolute atomic E-state index is 12.2. The Balaban J connectivity index is 1.73. The lowest BCUT2D eigenvalue weighted by Gasteiger charge is -2.08. The SMILES string of the molecule is Nn1c(SCC(=O)Nc2ccc(Br)cc2)nc2ccccc2c1=O. The molecule has 0 spiro atoms. The van der Waals surface area contributed by atoms with Crippen LogP contribution in [0.3, 0.4) is 0 Å². The van der Waals surface area contributed by atoms with Gasteiger partial charge in [0, 0.05) is 10.2 Å². The third-order valence-electron chi connectivity index (χ3n) is 3.24. The number of carbonyl (C=O) groups is 1. The zero-order valence-corrected chi connectivity index (χ0v) is 14.8. The van der Waals surface area contributed by atoms with Gasteiger partial charge in [-0.2, -0.15) is 0 Å². The van der Waals surface area contributed by atoms with E-state index in [1.807, 2.05) is 12.1 Å². The summed E-state index contributed by atoms with van der Waals surface area (Å²) >= 11 is 4.45. The molecule has 0 unspecified atom stereocenters. The Morgan fingerprint density at radius 3 is 2.67 bits per heavy atom. The number of nitrogens with zero attached hydrogens (tertiary/aromatic N) is 2. The quantitative estimate of drug-likeness (QED) is 0.396. The third-order valence-corrected chi connectivity index (χ3v) is 4.72. The summed E-state index contributed by atoms with van der Waals surface area (Å²) in [5.74, 6) is 5.68. The zero-order chi connectivity index (χ0) is 17.1. The van der Waals surface area contributed by atoms with Crippen molar-refractivity contribution in [1.29, 1.82) is 0 Å². The number of rotatable bonds is 4. The van der Waals surface area contributed by atoms with Crippen LogP contribution in [0.5, 0.6) is 0 Å². The molecule has 1 aromatic heterocycles. The molecule has 24 heavy (non-hydrogen) atoms. The number of thioether (sulfide) groups is 1. The van der Waals surface area contributed by atoms with E-state index >= 15 is 0 Å². The van der Waals surface area contributed by atoms with E-state index in [2.05, 4.69) is 26.2 Å². The van der Waals surface area contributed by atoms with Gasteiger partial charge in [-0.1, -0.05) is 39.8 Å². The number of carbonyl (C=O) groups excluding carboxylic acids is 1. The molecule has 0 fully saturated rings. The van der Waals surface area contributed by atoms with Crippen molar-refractivity contribution in [3.8, 4) is 0 Å². The Kier molecular flexibility index (Phi) is 4.86. The monoisotopic (exact) mass is 404 g/mol. The highest BCUT2D eigenvalue weighted by atomic mass is 79.9. The first-order valence-electron chi connectivity index (χ1n) is 6.99. The molecule has 0 aliphatic heterocycles. The fourth-order valence-corrected chi connectivity index (χ4v) is 3.07. The number of aromatic nitrogens is 2. The topological polar surface area (TPSA) is 90.0 Å². The molecule has 0 atom stereocenters. The van der Waals surface area contributed by atoms with E-state index in [4.69, 9.17) is 5.84 Å². The maximum Gasteiger partial charge on any atom is 0.280 e. The molecule has 3 rings (SSSR count). The first-order chi connectivity index (χ1) is 11.5. The molecular formula is C16H13BrN4O2S. The molecular weight excluding hydrogens is 392 g/mol. The van der Waals surface area contributed by atoms with Gasteiger partial charge < -0.3 is 11.2 Å². The van der Waals surface area contributed by atoms with E-state index in [9.17, 15) is 9.59 Å². The van der Waals surface area contributed by atoms with Crippen LogP contribution in [-0.4, -0.2) is 21.3 Å². The number of hydrogen-bond donors (Lipinski definition) is 2. The molecule has 0 aliphatic rings. The van der Waals surface area contributed by atoms with E-state index in [-0.39, 0.29) is 17.2 Å². The maximum atomic E-state index is 12.2. The number of benzene rings is 2. The fourth-order valence-electron chi connectivity index (χ4n) is 2.09. The van der Waals surface area contributed by atoms with Gasteiger partial charge in [0.2, 0.25) is 5.91 Å². The van der Waals surface area contributed by atoms with Gasteiger partial charge in [0.05, 0.1) is 16.7 Å². The van der Waals surface area contributed by atoms with Crippen LogP contribution in [0.4, 0.5) is 5.69 Å². The Morgan fingerprint density at radius 2 is 1.92 bits per heavy atom. The van der Waals surface area contributed by atoms with E-state index in [1.165, 1.54) is 0 Å². The van der Waals surface area contributed by atoms with Crippen molar-refractivity contribution >= 4 is 50.2 Å². The van der Waals surface area contributed by atoms with Crippen molar-refractivity contribution in [3.05, 3.63) is 63.4 Å². The normalized spacial score (nSPS) is 10.7. The summed E-state index contributed by atoms with van der Waals surface area (Å²) in [5.41, 5.74) is 0.914. The Hall–Kier alpha value is -2.32.